The Morgan fingerprint density at radius 3 is 2.33 bits per heavy atom. The molecule has 1 amide bonds. The summed E-state index contributed by atoms with van der Waals surface area (Å²) in [5.41, 5.74) is 4.36. The molecule has 1 heterocycles. The van der Waals surface area contributed by atoms with E-state index in [-0.39, 0.29) is 5.91 Å². The Labute approximate surface area is 139 Å². The summed E-state index contributed by atoms with van der Waals surface area (Å²) in [7, 11) is 0. The Hall–Kier alpha value is -3.40. The van der Waals surface area contributed by atoms with Crippen LogP contribution in [-0.4, -0.2) is 15.5 Å². The third-order valence-electron chi connectivity index (χ3n) is 3.89. The second-order valence-electron chi connectivity index (χ2n) is 5.47. The summed E-state index contributed by atoms with van der Waals surface area (Å²) in [5.74, 6) is -0.122. The van der Waals surface area contributed by atoms with Crippen molar-refractivity contribution >= 4 is 22.6 Å². The number of imidazole rings is 1. The van der Waals surface area contributed by atoms with Gasteiger partial charge in [-0.3, -0.25) is 9.36 Å². The molecule has 0 unspecified atom stereocenters. The van der Waals surface area contributed by atoms with Crippen LogP contribution in [0.15, 0.2) is 85.2 Å². The Bertz CT molecular complexity index is 988. The van der Waals surface area contributed by atoms with Gasteiger partial charge >= 0.3 is 0 Å². The lowest BCUT2D eigenvalue weighted by molar-refractivity contribution is 0.102. The summed E-state index contributed by atoms with van der Waals surface area (Å²) in [5, 5.41) is 2.88. The molecule has 0 aliphatic rings. The summed E-state index contributed by atoms with van der Waals surface area (Å²) in [6.07, 6.45) is 1.80. The second-order valence-corrected chi connectivity index (χ2v) is 5.47. The van der Waals surface area contributed by atoms with E-state index in [4.69, 9.17) is 0 Å². The summed E-state index contributed by atoms with van der Waals surface area (Å²) in [4.78, 5) is 16.7. The lowest BCUT2D eigenvalue weighted by Gasteiger charge is -2.07. The van der Waals surface area contributed by atoms with Gasteiger partial charge in [0, 0.05) is 16.9 Å². The first kappa shape index (κ1) is 14.2. The van der Waals surface area contributed by atoms with Crippen molar-refractivity contribution in [2.75, 3.05) is 5.32 Å². The van der Waals surface area contributed by atoms with Crippen LogP contribution < -0.4 is 5.32 Å². The molecule has 0 aliphatic heterocycles. The molecule has 4 aromatic rings. The van der Waals surface area contributed by atoms with Crippen molar-refractivity contribution in [1.29, 1.82) is 0 Å². The normalized spacial score (nSPS) is 10.7. The van der Waals surface area contributed by atoms with E-state index in [9.17, 15) is 4.79 Å². The predicted octanol–water partition coefficient (Wildman–Crippen LogP) is 4.28. The van der Waals surface area contributed by atoms with Gasteiger partial charge in [0.25, 0.3) is 5.91 Å². The maximum atomic E-state index is 12.3. The van der Waals surface area contributed by atoms with Gasteiger partial charge in [-0.25, -0.2) is 4.98 Å². The van der Waals surface area contributed by atoms with Gasteiger partial charge in [-0.05, 0) is 48.5 Å². The van der Waals surface area contributed by atoms with E-state index in [1.165, 1.54) is 0 Å². The van der Waals surface area contributed by atoms with Crippen molar-refractivity contribution in [3.05, 3.63) is 90.8 Å². The van der Waals surface area contributed by atoms with E-state index >= 15 is 0 Å². The van der Waals surface area contributed by atoms with Crippen LogP contribution in [0, 0.1) is 0 Å². The highest BCUT2D eigenvalue weighted by Crippen LogP contribution is 2.18. The Morgan fingerprint density at radius 1 is 0.833 bits per heavy atom. The SMILES string of the molecule is O=C(Nc1ccccc1)c1ccc(-n2cnc3ccccc32)cc1. The average molecular weight is 313 g/mol. The number of para-hydroxylation sites is 3. The van der Waals surface area contributed by atoms with Crippen molar-refractivity contribution < 1.29 is 4.79 Å². The van der Waals surface area contributed by atoms with Crippen LogP contribution >= 0.6 is 0 Å². The predicted molar refractivity (Wildman–Crippen MR) is 95.5 cm³/mol. The zero-order valence-electron chi connectivity index (χ0n) is 12.9. The minimum atomic E-state index is -0.122. The van der Waals surface area contributed by atoms with Crippen LogP contribution in [0.25, 0.3) is 16.7 Å². The van der Waals surface area contributed by atoms with E-state index in [1.54, 1.807) is 6.33 Å². The van der Waals surface area contributed by atoms with E-state index in [0.717, 1.165) is 22.4 Å². The van der Waals surface area contributed by atoms with Gasteiger partial charge in [0.15, 0.2) is 0 Å². The fraction of sp³-hybridized carbons (Fsp3) is 0. The van der Waals surface area contributed by atoms with Crippen molar-refractivity contribution in [2.24, 2.45) is 0 Å². The smallest absolute Gasteiger partial charge is 0.255 e. The fourth-order valence-corrected chi connectivity index (χ4v) is 2.66. The first-order valence-electron chi connectivity index (χ1n) is 7.70. The minimum absolute atomic E-state index is 0.122. The number of fused-ring (bicyclic) bond motifs is 1. The number of amides is 1. The molecule has 3 aromatic carbocycles. The molecule has 1 aromatic heterocycles. The highest BCUT2D eigenvalue weighted by atomic mass is 16.1. The van der Waals surface area contributed by atoms with Crippen molar-refractivity contribution in [2.45, 2.75) is 0 Å². The van der Waals surface area contributed by atoms with Crippen LogP contribution in [0.1, 0.15) is 10.4 Å². The molecule has 1 N–H and O–H groups in total. The van der Waals surface area contributed by atoms with Gasteiger partial charge in [0.1, 0.15) is 6.33 Å². The largest absolute Gasteiger partial charge is 0.322 e. The molecule has 0 radical (unpaired) electrons. The van der Waals surface area contributed by atoms with Crippen molar-refractivity contribution in [3.8, 4) is 5.69 Å². The topological polar surface area (TPSA) is 46.9 Å². The molecule has 116 valence electrons. The van der Waals surface area contributed by atoms with E-state index in [0.29, 0.717) is 5.56 Å². The van der Waals surface area contributed by atoms with Crippen molar-refractivity contribution in [1.82, 2.24) is 9.55 Å². The first-order chi connectivity index (χ1) is 11.8. The number of nitrogens with one attached hydrogen (secondary N) is 1. The van der Waals surface area contributed by atoms with Gasteiger partial charge in [-0.2, -0.15) is 0 Å². The number of anilines is 1. The van der Waals surface area contributed by atoms with Gasteiger partial charge in [0.05, 0.1) is 11.0 Å². The second kappa shape index (κ2) is 6.01. The number of benzene rings is 3. The molecule has 24 heavy (non-hydrogen) atoms. The number of carbonyl (C=O) groups excluding carboxylic acids is 1. The number of carbonyl (C=O) groups is 1. The van der Waals surface area contributed by atoms with Crippen LogP contribution in [0.5, 0.6) is 0 Å². The lowest BCUT2D eigenvalue weighted by Crippen LogP contribution is -2.11. The molecule has 4 rings (SSSR count). The van der Waals surface area contributed by atoms with E-state index in [1.807, 2.05) is 83.4 Å². The fourth-order valence-electron chi connectivity index (χ4n) is 2.66. The van der Waals surface area contributed by atoms with Gasteiger partial charge in [0.2, 0.25) is 0 Å². The third-order valence-corrected chi connectivity index (χ3v) is 3.89. The molecule has 0 saturated carbocycles. The molecular formula is C20H15N3O. The maximum Gasteiger partial charge on any atom is 0.255 e. The monoisotopic (exact) mass is 313 g/mol. The summed E-state index contributed by atoms with van der Waals surface area (Å²) in [6.45, 7) is 0. The molecule has 0 atom stereocenters. The maximum absolute atomic E-state index is 12.3. The van der Waals surface area contributed by atoms with E-state index < -0.39 is 0 Å². The number of nitrogens with zero attached hydrogens (tertiary/aromatic N) is 2. The Balaban J connectivity index is 1.60. The average Bonchev–Trinajstić information content (AvgIpc) is 3.07. The number of hydrogen-bond donors (Lipinski definition) is 1. The summed E-state index contributed by atoms with van der Waals surface area (Å²) in [6, 6.07) is 24.9. The van der Waals surface area contributed by atoms with Crippen LogP contribution in [-0.2, 0) is 0 Å². The molecule has 0 bridgehead atoms. The number of rotatable bonds is 3. The van der Waals surface area contributed by atoms with Crippen molar-refractivity contribution in [3.63, 3.8) is 0 Å². The highest BCUT2D eigenvalue weighted by molar-refractivity contribution is 6.04. The molecule has 0 fully saturated rings. The van der Waals surface area contributed by atoms with E-state index in [2.05, 4.69) is 10.3 Å². The molecular weight excluding hydrogens is 298 g/mol. The van der Waals surface area contributed by atoms with Crippen LogP contribution in [0.4, 0.5) is 5.69 Å². The molecule has 4 heteroatoms. The summed E-state index contributed by atoms with van der Waals surface area (Å²) < 4.78 is 2.01. The summed E-state index contributed by atoms with van der Waals surface area (Å²) >= 11 is 0. The van der Waals surface area contributed by atoms with Crippen LogP contribution in [0.3, 0.4) is 0 Å². The highest BCUT2D eigenvalue weighted by Gasteiger charge is 2.08. The zero-order valence-corrected chi connectivity index (χ0v) is 12.9. The quantitative estimate of drug-likeness (QED) is 0.614. The minimum Gasteiger partial charge on any atom is -0.322 e. The number of aromatic nitrogens is 2. The molecule has 0 aliphatic carbocycles. The molecule has 4 nitrogen and oxygen atoms in total. The zero-order chi connectivity index (χ0) is 16.4. The van der Waals surface area contributed by atoms with Gasteiger partial charge < -0.3 is 5.32 Å². The lowest BCUT2D eigenvalue weighted by atomic mass is 10.2. The molecule has 0 saturated heterocycles. The Kier molecular flexibility index (Phi) is 3.56. The molecule has 0 spiro atoms. The van der Waals surface area contributed by atoms with Gasteiger partial charge in [-0.15, -0.1) is 0 Å². The first-order valence-corrected chi connectivity index (χ1v) is 7.70. The standard InChI is InChI=1S/C20H15N3O/c24-20(22-16-6-2-1-3-7-16)15-10-12-17(13-11-15)23-14-21-18-8-4-5-9-19(18)23/h1-14H,(H,22,24). The number of hydrogen-bond acceptors (Lipinski definition) is 2. The van der Waals surface area contributed by atoms with Gasteiger partial charge in [-0.1, -0.05) is 30.3 Å². The Morgan fingerprint density at radius 2 is 1.54 bits per heavy atom. The van der Waals surface area contributed by atoms with Crippen LogP contribution in [0.2, 0.25) is 0 Å². The third kappa shape index (κ3) is 2.65.